The Hall–Kier alpha value is -1.81. The summed E-state index contributed by atoms with van der Waals surface area (Å²) in [4.78, 5) is 11.4. The quantitative estimate of drug-likeness (QED) is 0.649. The number of halogens is 1. The number of imidazole rings is 1. The monoisotopic (exact) mass is 278 g/mol. The zero-order valence-electron chi connectivity index (χ0n) is 11.1. The molecule has 102 valence electrons. The summed E-state index contributed by atoms with van der Waals surface area (Å²) in [5.41, 5.74) is 3.18. The van der Waals surface area contributed by atoms with Gasteiger partial charge in [-0.25, -0.2) is 4.98 Å². The highest BCUT2D eigenvalue weighted by Gasteiger charge is 1.97. The van der Waals surface area contributed by atoms with Crippen LogP contribution < -0.4 is 5.32 Å². The Morgan fingerprint density at radius 2 is 2.05 bits per heavy atom. The van der Waals surface area contributed by atoms with Gasteiger partial charge in [0.25, 0.3) is 0 Å². The molecular weight excluding hydrogens is 260 g/mol. The van der Waals surface area contributed by atoms with Crippen LogP contribution in [0.25, 0.3) is 11.3 Å². The molecule has 0 saturated heterocycles. The van der Waals surface area contributed by atoms with Gasteiger partial charge in [-0.15, -0.1) is 12.4 Å². The van der Waals surface area contributed by atoms with Crippen LogP contribution in [0.3, 0.4) is 0 Å². The fourth-order valence-electron chi connectivity index (χ4n) is 1.54. The molecule has 0 atom stereocenters. The fraction of sp³-hybridized carbons (Fsp3) is 0.286. The van der Waals surface area contributed by atoms with Crippen molar-refractivity contribution in [3.05, 3.63) is 36.8 Å². The molecule has 2 rings (SSSR count). The van der Waals surface area contributed by atoms with E-state index in [2.05, 4.69) is 34.1 Å². The number of hydrogen-bond acceptors (Lipinski definition) is 2. The highest BCUT2D eigenvalue weighted by molar-refractivity contribution is 5.85. The number of nitrogens with zero attached hydrogens (tertiary/aromatic N) is 2. The highest BCUT2D eigenvalue weighted by Crippen LogP contribution is 2.18. The van der Waals surface area contributed by atoms with Gasteiger partial charge in [-0.05, 0) is 23.6 Å². The molecule has 1 aromatic carbocycles. The van der Waals surface area contributed by atoms with Gasteiger partial charge >= 0.3 is 0 Å². The molecule has 0 saturated carbocycles. The van der Waals surface area contributed by atoms with E-state index in [4.69, 9.17) is 0 Å². The van der Waals surface area contributed by atoms with Crippen molar-refractivity contribution in [3.63, 3.8) is 0 Å². The summed E-state index contributed by atoms with van der Waals surface area (Å²) in [5.74, 6) is 0.589. The average molecular weight is 279 g/mol. The third kappa shape index (κ3) is 4.75. The molecule has 0 bridgehead atoms. The Morgan fingerprint density at radius 3 is 2.63 bits per heavy atom. The summed E-state index contributed by atoms with van der Waals surface area (Å²) in [6, 6.07) is 8.15. The van der Waals surface area contributed by atoms with Crippen LogP contribution in [0.2, 0.25) is 0 Å². The van der Waals surface area contributed by atoms with Crippen molar-refractivity contribution in [2.75, 3.05) is 11.9 Å². The van der Waals surface area contributed by atoms with E-state index < -0.39 is 0 Å². The minimum atomic E-state index is 0. The number of nitrogens with one attached hydrogen (secondary N) is 2. The lowest BCUT2D eigenvalue weighted by molar-refractivity contribution is 0.667. The molecule has 0 aliphatic rings. The van der Waals surface area contributed by atoms with Gasteiger partial charge < -0.3 is 10.3 Å². The topological polar surface area (TPSA) is 53.1 Å². The summed E-state index contributed by atoms with van der Waals surface area (Å²) in [6.45, 7) is 5.15. The van der Waals surface area contributed by atoms with E-state index in [9.17, 15) is 0 Å². The Labute approximate surface area is 119 Å². The Balaban J connectivity index is 0.00000180. The molecule has 0 aliphatic carbocycles. The number of aromatic nitrogens is 2. The smallest absolute Gasteiger partial charge is 0.0924 e. The first-order valence-electron chi connectivity index (χ1n) is 6.09. The van der Waals surface area contributed by atoms with Crippen LogP contribution in [0.15, 0.2) is 41.8 Å². The van der Waals surface area contributed by atoms with Gasteiger partial charge in [-0.3, -0.25) is 4.99 Å². The Bertz CT molecular complexity index is 489. The number of aliphatic imine (C=N–C) groups is 1. The lowest BCUT2D eigenvalue weighted by Gasteiger charge is -2.02. The first-order valence-corrected chi connectivity index (χ1v) is 6.09. The van der Waals surface area contributed by atoms with Gasteiger partial charge in [-0.2, -0.15) is 0 Å². The maximum atomic E-state index is 4.29. The van der Waals surface area contributed by atoms with Crippen molar-refractivity contribution >= 4 is 24.4 Å². The molecule has 1 heterocycles. The number of hydrogen-bond donors (Lipinski definition) is 2. The molecule has 1 aromatic heterocycles. The van der Waals surface area contributed by atoms with E-state index in [0.29, 0.717) is 5.92 Å². The van der Waals surface area contributed by atoms with Crippen LogP contribution in [0.5, 0.6) is 0 Å². The van der Waals surface area contributed by atoms with Crippen molar-refractivity contribution in [2.24, 2.45) is 10.9 Å². The third-order valence-electron chi connectivity index (χ3n) is 2.49. The SMILES string of the molecule is CC(C)CN=CNc1ccc(-c2cnc[nH]2)cc1.Cl. The standard InChI is InChI=1S/C14H18N4.ClH/c1-11(2)7-15-9-17-13-5-3-12(4-6-13)14-8-16-10-18-14;/h3-6,8-11H,7H2,1-2H3,(H,15,17)(H,16,18);1H. The van der Waals surface area contributed by atoms with Crippen molar-refractivity contribution < 1.29 is 0 Å². The molecular formula is C14H19ClN4. The van der Waals surface area contributed by atoms with E-state index in [-0.39, 0.29) is 12.4 Å². The zero-order chi connectivity index (χ0) is 12.8. The van der Waals surface area contributed by atoms with E-state index in [1.165, 1.54) is 0 Å². The molecule has 19 heavy (non-hydrogen) atoms. The molecule has 2 N–H and O–H groups in total. The lowest BCUT2D eigenvalue weighted by Crippen LogP contribution is -1.98. The molecule has 5 heteroatoms. The molecule has 4 nitrogen and oxygen atoms in total. The van der Waals surface area contributed by atoms with Crippen LogP contribution in [0.4, 0.5) is 5.69 Å². The molecule has 2 aromatic rings. The van der Waals surface area contributed by atoms with Crippen molar-refractivity contribution in [3.8, 4) is 11.3 Å². The molecule has 0 radical (unpaired) electrons. The average Bonchev–Trinajstić information content (AvgIpc) is 2.89. The first kappa shape index (κ1) is 15.2. The zero-order valence-corrected chi connectivity index (χ0v) is 11.9. The van der Waals surface area contributed by atoms with Crippen LogP contribution in [0, 0.1) is 5.92 Å². The molecule has 0 unspecified atom stereocenters. The van der Waals surface area contributed by atoms with Crippen molar-refractivity contribution in [1.82, 2.24) is 9.97 Å². The van der Waals surface area contributed by atoms with Crippen LogP contribution in [-0.2, 0) is 0 Å². The number of benzene rings is 1. The maximum absolute atomic E-state index is 4.29. The molecule has 0 fully saturated rings. The Morgan fingerprint density at radius 1 is 1.32 bits per heavy atom. The normalized spacial score (nSPS) is 10.7. The summed E-state index contributed by atoms with van der Waals surface area (Å²) in [6.07, 6.45) is 5.25. The van der Waals surface area contributed by atoms with Crippen LogP contribution in [-0.4, -0.2) is 22.9 Å². The van der Waals surface area contributed by atoms with E-state index >= 15 is 0 Å². The van der Waals surface area contributed by atoms with Gasteiger partial charge in [0.05, 0.1) is 24.6 Å². The predicted octanol–water partition coefficient (Wildman–Crippen LogP) is 3.59. The predicted molar refractivity (Wildman–Crippen MR) is 83.1 cm³/mol. The maximum Gasteiger partial charge on any atom is 0.0924 e. The van der Waals surface area contributed by atoms with Gasteiger partial charge in [0.1, 0.15) is 0 Å². The third-order valence-corrected chi connectivity index (χ3v) is 2.49. The van der Waals surface area contributed by atoms with Gasteiger partial charge in [0.15, 0.2) is 0 Å². The molecule has 0 spiro atoms. The Kier molecular flexibility index (Phi) is 6.09. The number of anilines is 1. The summed E-state index contributed by atoms with van der Waals surface area (Å²) in [7, 11) is 0. The van der Waals surface area contributed by atoms with Gasteiger partial charge in [0, 0.05) is 12.2 Å². The second-order valence-corrected chi connectivity index (χ2v) is 4.58. The summed E-state index contributed by atoms with van der Waals surface area (Å²) < 4.78 is 0. The minimum absolute atomic E-state index is 0. The molecule has 0 amide bonds. The second-order valence-electron chi connectivity index (χ2n) is 4.58. The van der Waals surface area contributed by atoms with Gasteiger partial charge in [-0.1, -0.05) is 26.0 Å². The minimum Gasteiger partial charge on any atom is -0.347 e. The fourth-order valence-corrected chi connectivity index (χ4v) is 1.54. The van der Waals surface area contributed by atoms with Crippen LogP contribution >= 0.6 is 12.4 Å². The summed E-state index contributed by atoms with van der Waals surface area (Å²) in [5, 5.41) is 3.16. The number of H-pyrrole nitrogens is 1. The number of rotatable bonds is 5. The highest BCUT2D eigenvalue weighted by atomic mass is 35.5. The number of aromatic amines is 1. The first-order chi connectivity index (χ1) is 8.75. The van der Waals surface area contributed by atoms with Gasteiger partial charge in [0.2, 0.25) is 0 Å². The van der Waals surface area contributed by atoms with E-state index in [1.54, 1.807) is 12.7 Å². The largest absolute Gasteiger partial charge is 0.347 e. The molecule has 0 aliphatic heterocycles. The summed E-state index contributed by atoms with van der Waals surface area (Å²) >= 11 is 0. The second kappa shape index (κ2) is 7.59. The lowest BCUT2D eigenvalue weighted by atomic mass is 10.1. The van der Waals surface area contributed by atoms with Crippen LogP contribution in [0.1, 0.15) is 13.8 Å². The van der Waals surface area contributed by atoms with E-state index in [0.717, 1.165) is 23.5 Å². The van der Waals surface area contributed by atoms with Crippen molar-refractivity contribution in [2.45, 2.75) is 13.8 Å². The van der Waals surface area contributed by atoms with Crippen molar-refractivity contribution in [1.29, 1.82) is 0 Å². The van der Waals surface area contributed by atoms with E-state index in [1.807, 2.05) is 30.5 Å².